The quantitative estimate of drug-likeness (QED) is 0.435. The second-order valence-corrected chi connectivity index (χ2v) is 5.63. The first-order chi connectivity index (χ1) is 11.2. The van der Waals surface area contributed by atoms with Gasteiger partial charge in [0, 0.05) is 13.7 Å². The molecule has 1 saturated carbocycles. The minimum atomic E-state index is 0.313. The summed E-state index contributed by atoms with van der Waals surface area (Å²) in [5.74, 6) is 1.96. The van der Waals surface area contributed by atoms with Crippen LogP contribution in [-0.2, 0) is 11.3 Å². The van der Waals surface area contributed by atoms with Gasteiger partial charge in [0.15, 0.2) is 17.5 Å². The molecule has 0 saturated heterocycles. The van der Waals surface area contributed by atoms with Crippen molar-refractivity contribution in [3.05, 3.63) is 23.8 Å². The molecule has 0 atom stereocenters. The Hall–Kier alpha value is -1.95. The van der Waals surface area contributed by atoms with Gasteiger partial charge in [0.05, 0.1) is 26.4 Å². The molecule has 128 valence electrons. The van der Waals surface area contributed by atoms with Crippen molar-refractivity contribution in [2.45, 2.75) is 38.3 Å². The van der Waals surface area contributed by atoms with Gasteiger partial charge in [0.25, 0.3) is 0 Å². The van der Waals surface area contributed by atoms with Gasteiger partial charge in [-0.2, -0.15) is 0 Å². The maximum Gasteiger partial charge on any atom is 0.188 e. The Kier molecular flexibility index (Phi) is 7.00. The Balaban J connectivity index is 1.93. The summed E-state index contributed by atoms with van der Waals surface area (Å²) in [6, 6.07) is 5.91. The zero-order chi connectivity index (χ0) is 16.5. The Bertz CT molecular complexity index is 514. The van der Waals surface area contributed by atoms with E-state index < -0.39 is 0 Å². The first-order valence-electron chi connectivity index (χ1n) is 8.09. The van der Waals surface area contributed by atoms with Gasteiger partial charge >= 0.3 is 0 Å². The molecule has 0 amide bonds. The minimum absolute atomic E-state index is 0.313. The van der Waals surface area contributed by atoms with Gasteiger partial charge in [0.2, 0.25) is 0 Å². The number of nitrogens with zero attached hydrogens (tertiary/aromatic N) is 1. The lowest BCUT2D eigenvalue weighted by atomic mass is 10.2. The minimum Gasteiger partial charge on any atom is -0.493 e. The summed E-state index contributed by atoms with van der Waals surface area (Å²) in [6.07, 6.45) is 5.05. The molecule has 1 aromatic rings. The zero-order valence-corrected chi connectivity index (χ0v) is 14.0. The third-order valence-corrected chi connectivity index (χ3v) is 3.87. The van der Waals surface area contributed by atoms with Crippen LogP contribution >= 0.6 is 0 Å². The van der Waals surface area contributed by atoms with Gasteiger partial charge in [-0.3, -0.25) is 0 Å². The molecule has 6 nitrogen and oxygen atoms in total. The molecule has 1 aliphatic carbocycles. The molecule has 0 aromatic heterocycles. The van der Waals surface area contributed by atoms with Gasteiger partial charge in [-0.1, -0.05) is 6.07 Å². The van der Waals surface area contributed by atoms with Crippen LogP contribution in [0.1, 0.15) is 31.2 Å². The predicted molar refractivity (Wildman–Crippen MR) is 91.1 cm³/mol. The fraction of sp³-hybridized carbons (Fsp3) is 0.588. The Morgan fingerprint density at radius 2 is 2.04 bits per heavy atom. The fourth-order valence-corrected chi connectivity index (χ4v) is 2.61. The monoisotopic (exact) mass is 321 g/mol. The Morgan fingerprint density at radius 3 is 2.74 bits per heavy atom. The normalized spacial score (nSPS) is 15.7. The van der Waals surface area contributed by atoms with Gasteiger partial charge in [-0.05, 0) is 43.4 Å². The molecule has 23 heavy (non-hydrogen) atoms. The van der Waals surface area contributed by atoms with Crippen molar-refractivity contribution in [3.63, 3.8) is 0 Å². The fourth-order valence-electron chi connectivity index (χ4n) is 2.61. The second kappa shape index (κ2) is 9.25. The highest BCUT2D eigenvalue weighted by atomic mass is 16.5. The number of guanidine groups is 1. The highest BCUT2D eigenvalue weighted by molar-refractivity contribution is 5.77. The average Bonchev–Trinajstić information content (AvgIpc) is 3.07. The van der Waals surface area contributed by atoms with E-state index in [4.69, 9.17) is 19.9 Å². The number of methoxy groups -OCH3 is 2. The number of nitrogens with two attached hydrogens (primary N) is 1. The smallest absolute Gasteiger partial charge is 0.188 e. The van der Waals surface area contributed by atoms with Crippen LogP contribution in [-0.4, -0.2) is 39.4 Å². The van der Waals surface area contributed by atoms with Crippen LogP contribution in [0.25, 0.3) is 0 Å². The van der Waals surface area contributed by atoms with Crippen molar-refractivity contribution < 1.29 is 14.2 Å². The van der Waals surface area contributed by atoms with Crippen LogP contribution in [0.15, 0.2) is 23.2 Å². The van der Waals surface area contributed by atoms with E-state index in [1.807, 2.05) is 18.2 Å². The SMILES string of the molecule is COCCNC(N)=NCc1ccc(OC2CCCC2)c(OC)c1. The molecule has 1 fully saturated rings. The summed E-state index contributed by atoms with van der Waals surface area (Å²) in [4.78, 5) is 4.31. The lowest BCUT2D eigenvalue weighted by Gasteiger charge is -2.16. The lowest BCUT2D eigenvalue weighted by Crippen LogP contribution is -2.34. The van der Waals surface area contributed by atoms with Gasteiger partial charge < -0.3 is 25.3 Å². The van der Waals surface area contributed by atoms with Crippen molar-refractivity contribution in [1.29, 1.82) is 0 Å². The van der Waals surface area contributed by atoms with Gasteiger partial charge in [0.1, 0.15) is 0 Å². The molecule has 3 N–H and O–H groups in total. The third-order valence-electron chi connectivity index (χ3n) is 3.87. The first kappa shape index (κ1) is 17.4. The van der Waals surface area contributed by atoms with Gasteiger partial charge in [-0.25, -0.2) is 4.99 Å². The summed E-state index contributed by atoms with van der Waals surface area (Å²) < 4.78 is 16.4. The molecule has 1 aliphatic rings. The zero-order valence-electron chi connectivity index (χ0n) is 14.0. The maximum atomic E-state index is 6.03. The predicted octanol–water partition coefficient (Wildman–Crippen LogP) is 2.07. The number of nitrogens with one attached hydrogen (secondary N) is 1. The molecule has 6 heteroatoms. The van der Waals surface area contributed by atoms with Crippen molar-refractivity contribution in [3.8, 4) is 11.5 Å². The average molecular weight is 321 g/mol. The van der Waals surface area contributed by atoms with E-state index in [1.165, 1.54) is 12.8 Å². The van der Waals surface area contributed by atoms with Crippen molar-refractivity contribution in [2.75, 3.05) is 27.4 Å². The number of benzene rings is 1. The van der Waals surface area contributed by atoms with Gasteiger partial charge in [-0.15, -0.1) is 0 Å². The van der Waals surface area contributed by atoms with E-state index in [2.05, 4.69) is 10.3 Å². The highest BCUT2D eigenvalue weighted by Crippen LogP contribution is 2.32. The molecule has 0 unspecified atom stereocenters. The largest absolute Gasteiger partial charge is 0.493 e. The molecule has 0 spiro atoms. The van der Waals surface area contributed by atoms with E-state index in [1.54, 1.807) is 14.2 Å². The maximum absolute atomic E-state index is 6.03. The van der Waals surface area contributed by atoms with Crippen LogP contribution in [0.4, 0.5) is 0 Å². The van der Waals surface area contributed by atoms with E-state index in [-0.39, 0.29) is 0 Å². The molecular weight excluding hydrogens is 294 g/mol. The Labute approximate surface area is 138 Å². The van der Waals surface area contributed by atoms with Crippen LogP contribution in [0.3, 0.4) is 0 Å². The first-order valence-corrected chi connectivity index (χ1v) is 8.09. The van der Waals surface area contributed by atoms with E-state index in [0.29, 0.717) is 31.8 Å². The summed E-state index contributed by atoms with van der Waals surface area (Å²) >= 11 is 0. The standard InChI is InChI=1S/C17H27N3O3/c1-21-10-9-19-17(18)20-12-13-7-8-15(16(11-13)22-2)23-14-5-3-4-6-14/h7-8,11,14H,3-6,9-10,12H2,1-2H3,(H3,18,19,20). The molecule has 0 radical (unpaired) electrons. The third kappa shape index (κ3) is 5.63. The lowest BCUT2D eigenvalue weighted by molar-refractivity contribution is 0.200. The topological polar surface area (TPSA) is 78.1 Å². The highest BCUT2D eigenvalue weighted by Gasteiger charge is 2.18. The molecule has 0 aliphatic heterocycles. The number of ether oxygens (including phenoxy) is 3. The Morgan fingerprint density at radius 1 is 1.26 bits per heavy atom. The number of rotatable bonds is 8. The summed E-state index contributed by atoms with van der Waals surface area (Å²) in [5.41, 5.74) is 6.82. The molecule has 2 rings (SSSR count). The van der Waals surface area contributed by atoms with Crippen molar-refractivity contribution in [1.82, 2.24) is 5.32 Å². The number of aliphatic imine (C=N–C) groups is 1. The van der Waals surface area contributed by atoms with Crippen LogP contribution in [0.5, 0.6) is 11.5 Å². The van der Waals surface area contributed by atoms with Crippen LogP contribution in [0.2, 0.25) is 0 Å². The summed E-state index contributed by atoms with van der Waals surface area (Å²) in [5, 5.41) is 2.99. The summed E-state index contributed by atoms with van der Waals surface area (Å²) in [7, 11) is 3.31. The number of hydrogen-bond donors (Lipinski definition) is 2. The number of hydrogen-bond acceptors (Lipinski definition) is 4. The van der Waals surface area contributed by atoms with Crippen molar-refractivity contribution in [2.24, 2.45) is 10.7 Å². The molecule has 1 aromatic carbocycles. The van der Waals surface area contributed by atoms with Crippen LogP contribution < -0.4 is 20.5 Å². The molecule has 0 bridgehead atoms. The molecular formula is C17H27N3O3. The van der Waals surface area contributed by atoms with Crippen molar-refractivity contribution >= 4 is 5.96 Å². The molecule has 0 heterocycles. The van der Waals surface area contributed by atoms with Crippen LogP contribution in [0, 0.1) is 0 Å². The second-order valence-electron chi connectivity index (χ2n) is 5.63. The van der Waals surface area contributed by atoms with E-state index in [0.717, 1.165) is 29.9 Å². The van der Waals surface area contributed by atoms with E-state index >= 15 is 0 Å². The van der Waals surface area contributed by atoms with E-state index in [9.17, 15) is 0 Å². The summed E-state index contributed by atoms with van der Waals surface area (Å²) in [6.45, 7) is 1.73.